The molecule has 250 valence electrons. The highest BCUT2D eigenvalue weighted by Gasteiger charge is 2.15. The van der Waals surface area contributed by atoms with Crippen molar-refractivity contribution in [3.8, 4) is 33.4 Å². The summed E-state index contributed by atoms with van der Waals surface area (Å²) in [6.45, 7) is 0. The van der Waals surface area contributed by atoms with Crippen LogP contribution in [0.2, 0.25) is 10.0 Å². The Kier molecular flexibility index (Phi) is 9.58. The van der Waals surface area contributed by atoms with Crippen molar-refractivity contribution in [3.63, 3.8) is 0 Å². The van der Waals surface area contributed by atoms with Crippen molar-refractivity contribution in [1.29, 1.82) is 0 Å². The molecule has 8 aromatic rings. The molecule has 0 heterocycles. The van der Waals surface area contributed by atoms with Gasteiger partial charge in [-0.25, -0.2) is 0 Å². The monoisotopic (exact) mass is 708 g/mol. The van der Waals surface area contributed by atoms with Crippen molar-refractivity contribution in [2.45, 2.75) is 0 Å². The maximum Gasteiger partial charge on any atom is 0.0462 e. The largest absolute Gasteiger partial charge is 0.311 e. The van der Waals surface area contributed by atoms with E-state index in [1.54, 1.807) is 0 Å². The summed E-state index contributed by atoms with van der Waals surface area (Å²) in [4.78, 5) is 4.51. The van der Waals surface area contributed by atoms with Gasteiger partial charge in [0, 0.05) is 44.2 Å². The van der Waals surface area contributed by atoms with E-state index in [4.69, 9.17) is 23.2 Å². The van der Waals surface area contributed by atoms with Gasteiger partial charge in [-0.15, -0.1) is 0 Å². The van der Waals surface area contributed by atoms with Gasteiger partial charge in [0.25, 0.3) is 0 Å². The molecule has 0 spiro atoms. The molecule has 0 aromatic heterocycles. The van der Waals surface area contributed by atoms with E-state index in [0.29, 0.717) is 10.0 Å². The van der Waals surface area contributed by atoms with Gasteiger partial charge in [-0.05, 0) is 130 Å². The van der Waals surface area contributed by atoms with Crippen LogP contribution in [0.1, 0.15) is 0 Å². The maximum atomic E-state index is 6.29. The molecule has 8 rings (SSSR count). The van der Waals surface area contributed by atoms with Gasteiger partial charge in [0.1, 0.15) is 0 Å². The number of hydrogen-bond donors (Lipinski definition) is 0. The van der Waals surface area contributed by atoms with Crippen molar-refractivity contribution >= 4 is 57.3 Å². The first-order valence-electron chi connectivity index (χ1n) is 17.2. The summed E-state index contributed by atoms with van der Waals surface area (Å²) in [6.07, 6.45) is 0. The van der Waals surface area contributed by atoms with Crippen LogP contribution >= 0.6 is 23.2 Å². The number of benzene rings is 8. The van der Waals surface area contributed by atoms with E-state index in [2.05, 4.69) is 180 Å². The van der Waals surface area contributed by atoms with Crippen LogP contribution in [0.4, 0.5) is 34.1 Å². The zero-order valence-corrected chi connectivity index (χ0v) is 29.8. The lowest BCUT2D eigenvalue weighted by molar-refractivity contribution is 1.28. The van der Waals surface area contributed by atoms with Gasteiger partial charge in [0.2, 0.25) is 0 Å². The molecule has 0 radical (unpaired) electrons. The fraction of sp³-hybridized carbons (Fsp3) is 0. The zero-order valence-electron chi connectivity index (χ0n) is 28.3. The van der Waals surface area contributed by atoms with Gasteiger partial charge in [-0.2, -0.15) is 0 Å². The lowest BCUT2D eigenvalue weighted by Gasteiger charge is -2.26. The molecule has 2 nitrogen and oxygen atoms in total. The topological polar surface area (TPSA) is 6.48 Å². The molecular formula is C48H34Cl2N2. The summed E-state index contributed by atoms with van der Waals surface area (Å²) >= 11 is 12.6. The Morgan fingerprint density at radius 3 is 0.635 bits per heavy atom. The summed E-state index contributed by atoms with van der Waals surface area (Å²) < 4.78 is 0. The van der Waals surface area contributed by atoms with Gasteiger partial charge < -0.3 is 9.80 Å². The molecule has 0 aliphatic rings. The average molecular weight is 710 g/mol. The Labute approximate surface area is 315 Å². The van der Waals surface area contributed by atoms with Crippen LogP contribution in [0.15, 0.2) is 206 Å². The minimum absolute atomic E-state index is 0.709. The molecule has 0 atom stereocenters. The summed E-state index contributed by atoms with van der Waals surface area (Å²) in [5.74, 6) is 0. The first-order chi connectivity index (χ1) is 25.6. The van der Waals surface area contributed by atoms with E-state index >= 15 is 0 Å². The Bertz CT molecular complexity index is 2180. The van der Waals surface area contributed by atoms with Crippen molar-refractivity contribution in [2.75, 3.05) is 9.80 Å². The highest BCUT2D eigenvalue weighted by molar-refractivity contribution is 6.31. The normalized spacial score (nSPS) is 10.9. The van der Waals surface area contributed by atoms with Crippen molar-refractivity contribution in [1.82, 2.24) is 0 Å². The standard InChI is InChI=1S/C48H34Cl2N2/c49-41-19-31-47(32-20-41)51(43-23-11-37(12-24-43)35-7-3-1-4-8-35)45-27-15-39(16-28-45)40-17-29-46(30-18-40)52(48-33-21-42(50)22-34-48)44-25-13-38(14-26-44)36-9-5-2-6-10-36/h1-34H. The molecule has 0 N–H and O–H groups in total. The third-order valence-corrected chi connectivity index (χ3v) is 9.72. The van der Waals surface area contributed by atoms with Crippen LogP contribution in [0, 0.1) is 0 Å². The van der Waals surface area contributed by atoms with E-state index in [1.807, 2.05) is 36.4 Å². The fourth-order valence-corrected chi connectivity index (χ4v) is 6.80. The Hall–Kier alpha value is -6.06. The van der Waals surface area contributed by atoms with Gasteiger partial charge in [-0.1, -0.05) is 132 Å². The minimum atomic E-state index is 0.709. The smallest absolute Gasteiger partial charge is 0.0462 e. The molecule has 0 aliphatic carbocycles. The van der Waals surface area contributed by atoms with Crippen LogP contribution in [0.25, 0.3) is 33.4 Å². The van der Waals surface area contributed by atoms with E-state index < -0.39 is 0 Å². The molecule has 0 saturated heterocycles. The van der Waals surface area contributed by atoms with Crippen LogP contribution in [-0.4, -0.2) is 0 Å². The molecule has 0 amide bonds. The van der Waals surface area contributed by atoms with E-state index in [1.165, 1.54) is 22.3 Å². The van der Waals surface area contributed by atoms with Crippen LogP contribution < -0.4 is 9.80 Å². The third-order valence-electron chi connectivity index (χ3n) is 9.22. The molecule has 0 fully saturated rings. The first-order valence-corrected chi connectivity index (χ1v) is 18.0. The first kappa shape index (κ1) is 33.1. The molecule has 0 aliphatic heterocycles. The second-order valence-electron chi connectivity index (χ2n) is 12.5. The van der Waals surface area contributed by atoms with E-state index in [0.717, 1.165) is 45.3 Å². The second kappa shape index (κ2) is 15.0. The van der Waals surface area contributed by atoms with Crippen molar-refractivity contribution in [3.05, 3.63) is 216 Å². The molecule has 4 heteroatoms. The summed E-state index contributed by atoms with van der Waals surface area (Å²) in [7, 11) is 0. The SMILES string of the molecule is Clc1ccc(N(c2ccc(-c3ccccc3)cc2)c2ccc(-c3ccc(N(c4ccc(Cl)cc4)c4ccc(-c5ccccc5)cc4)cc3)cc2)cc1. The predicted octanol–water partition coefficient (Wildman–Crippen LogP) is 14.9. The second-order valence-corrected chi connectivity index (χ2v) is 13.4. The van der Waals surface area contributed by atoms with Gasteiger partial charge in [-0.3, -0.25) is 0 Å². The number of anilines is 6. The van der Waals surface area contributed by atoms with Gasteiger partial charge in [0.05, 0.1) is 0 Å². The summed E-state index contributed by atoms with van der Waals surface area (Å²) in [5.41, 5.74) is 13.3. The van der Waals surface area contributed by atoms with Crippen molar-refractivity contribution in [2.24, 2.45) is 0 Å². The fourth-order valence-electron chi connectivity index (χ4n) is 6.55. The quantitative estimate of drug-likeness (QED) is 0.147. The van der Waals surface area contributed by atoms with Crippen LogP contribution in [-0.2, 0) is 0 Å². The van der Waals surface area contributed by atoms with Crippen LogP contribution in [0.5, 0.6) is 0 Å². The molecule has 0 bridgehead atoms. The summed E-state index contributed by atoms with van der Waals surface area (Å²) in [5, 5.41) is 1.42. The van der Waals surface area contributed by atoms with E-state index in [-0.39, 0.29) is 0 Å². The lowest BCUT2D eigenvalue weighted by atomic mass is 10.0. The van der Waals surface area contributed by atoms with Crippen molar-refractivity contribution < 1.29 is 0 Å². The predicted molar refractivity (Wildman–Crippen MR) is 222 cm³/mol. The number of halogens is 2. The molecule has 52 heavy (non-hydrogen) atoms. The zero-order chi connectivity index (χ0) is 35.3. The maximum absolute atomic E-state index is 6.29. The number of hydrogen-bond acceptors (Lipinski definition) is 2. The Morgan fingerprint density at radius 2 is 0.404 bits per heavy atom. The van der Waals surface area contributed by atoms with Gasteiger partial charge in [0.15, 0.2) is 0 Å². The highest BCUT2D eigenvalue weighted by Crippen LogP contribution is 2.39. The average Bonchev–Trinajstić information content (AvgIpc) is 3.21. The molecule has 0 saturated carbocycles. The third kappa shape index (κ3) is 7.22. The molecular weight excluding hydrogens is 675 g/mol. The number of nitrogens with zero attached hydrogens (tertiary/aromatic N) is 2. The highest BCUT2D eigenvalue weighted by atomic mass is 35.5. The Morgan fingerprint density at radius 1 is 0.212 bits per heavy atom. The lowest BCUT2D eigenvalue weighted by Crippen LogP contribution is -2.10. The summed E-state index contributed by atoms with van der Waals surface area (Å²) in [6, 6.07) is 71.7. The number of rotatable bonds is 9. The molecule has 0 unspecified atom stereocenters. The Balaban J connectivity index is 1.09. The van der Waals surface area contributed by atoms with E-state index in [9.17, 15) is 0 Å². The minimum Gasteiger partial charge on any atom is -0.311 e. The molecule has 8 aromatic carbocycles. The van der Waals surface area contributed by atoms with Crippen LogP contribution in [0.3, 0.4) is 0 Å². The van der Waals surface area contributed by atoms with Gasteiger partial charge >= 0.3 is 0 Å².